The number of hydrogen-bond acceptors (Lipinski definition) is 3. The third-order valence-electron chi connectivity index (χ3n) is 2.87. The van der Waals surface area contributed by atoms with Crippen LogP contribution in [0.3, 0.4) is 0 Å². The Kier molecular flexibility index (Phi) is 3.20. The van der Waals surface area contributed by atoms with Gasteiger partial charge in [0.05, 0.1) is 11.4 Å². The van der Waals surface area contributed by atoms with Crippen molar-refractivity contribution in [2.24, 2.45) is 5.73 Å². The molecular weight excluding hydrogens is 210 g/mol. The van der Waals surface area contributed by atoms with Gasteiger partial charge in [-0.2, -0.15) is 0 Å². The molecule has 0 fully saturated rings. The van der Waals surface area contributed by atoms with E-state index in [1.165, 1.54) is 0 Å². The van der Waals surface area contributed by atoms with Crippen molar-refractivity contribution in [1.82, 2.24) is 9.97 Å². The lowest BCUT2D eigenvalue weighted by Crippen LogP contribution is -2.11. The summed E-state index contributed by atoms with van der Waals surface area (Å²) in [7, 11) is 0. The van der Waals surface area contributed by atoms with E-state index >= 15 is 0 Å². The number of aromatic nitrogens is 2. The second-order valence-corrected chi connectivity index (χ2v) is 4.33. The molecule has 0 aliphatic carbocycles. The Hall–Kier alpha value is -1.74. The number of hydrogen-bond donors (Lipinski definition) is 1. The Morgan fingerprint density at radius 2 is 2.00 bits per heavy atom. The molecule has 0 aliphatic heterocycles. The maximum Gasteiger partial charge on any atom is 0.0720 e. The molecule has 0 spiro atoms. The lowest BCUT2D eigenvalue weighted by molar-refractivity contribution is 0.775. The maximum absolute atomic E-state index is 5.98. The fourth-order valence-corrected chi connectivity index (χ4v) is 1.80. The summed E-state index contributed by atoms with van der Waals surface area (Å²) in [5, 5.41) is 0. The summed E-state index contributed by atoms with van der Waals surface area (Å²) >= 11 is 0. The summed E-state index contributed by atoms with van der Waals surface area (Å²) in [5.41, 5.74) is 11.0. The van der Waals surface area contributed by atoms with Crippen LogP contribution in [0.25, 0.3) is 11.3 Å². The number of nitrogens with zero attached hydrogens (tertiary/aromatic N) is 2. The predicted molar refractivity (Wildman–Crippen MR) is 69.5 cm³/mol. The highest BCUT2D eigenvalue weighted by molar-refractivity contribution is 5.63. The average molecular weight is 227 g/mol. The van der Waals surface area contributed by atoms with E-state index in [0.29, 0.717) is 0 Å². The molecule has 1 unspecified atom stereocenters. The summed E-state index contributed by atoms with van der Waals surface area (Å²) in [6.07, 6.45) is 1.79. The number of pyridine rings is 2. The van der Waals surface area contributed by atoms with Gasteiger partial charge in [-0.25, -0.2) is 0 Å². The van der Waals surface area contributed by atoms with Gasteiger partial charge in [-0.15, -0.1) is 0 Å². The molecule has 2 aromatic heterocycles. The van der Waals surface area contributed by atoms with Gasteiger partial charge in [0.15, 0.2) is 0 Å². The van der Waals surface area contributed by atoms with Crippen LogP contribution in [0.15, 0.2) is 30.5 Å². The maximum atomic E-state index is 5.98. The first kappa shape index (κ1) is 11.7. The van der Waals surface area contributed by atoms with Crippen LogP contribution < -0.4 is 5.73 Å². The van der Waals surface area contributed by atoms with Gasteiger partial charge in [-0.3, -0.25) is 9.97 Å². The molecule has 0 bridgehead atoms. The Bertz CT molecular complexity index is 518. The van der Waals surface area contributed by atoms with E-state index in [4.69, 9.17) is 5.73 Å². The van der Waals surface area contributed by atoms with Crippen LogP contribution in [-0.4, -0.2) is 9.97 Å². The molecule has 0 radical (unpaired) electrons. The Balaban J connectivity index is 2.64. The highest BCUT2D eigenvalue weighted by atomic mass is 14.8. The van der Waals surface area contributed by atoms with Crippen LogP contribution in [0.1, 0.15) is 29.9 Å². The molecule has 88 valence electrons. The fraction of sp³-hybridized carbons (Fsp3) is 0.286. The topological polar surface area (TPSA) is 51.8 Å². The average Bonchev–Trinajstić information content (AvgIpc) is 2.33. The van der Waals surface area contributed by atoms with Crippen molar-refractivity contribution in [3.8, 4) is 11.3 Å². The molecule has 1 atom stereocenters. The van der Waals surface area contributed by atoms with E-state index in [0.717, 1.165) is 28.2 Å². The molecule has 2 heterocycles. The van der Waals surface area contributed by atoms with Crippen molar-refractivity contribution in [2.75, 3.05) is 0 Å². The Morgan fingerprint density at radius 1 is 1.24 bits per heavy atom. The van der Waals surface area contributed by atoms with Gasteiger partial charge >= 0.3 is 0 Å². The summed E-state index contributed by atoms with van der Waals surface area (Å²) in [5.74, 6) is 0. The fourth-order valence-electron chi connectivity index (χ4n) is 1.80. The number of aryl methyl sites for hydroxylation is 2. The number of rotatable bonds is 2. The summed E-state index contributed by atoms with van der Waals surface area (Å²) in [4.78, 5) is 8.95. The Labute approximate surface area is 102 Å². The molecule has 2 N–H and O–H groups in total. The molecule has 0 saturated heterocycles. The predicted octanol–water partition coefficient (Wildman–Crippen LogP) is 2.78. The third kappa shape index (κ3) is 2.34. The molecule has 3 nitrogen and oxygen atoms in total. The van der Waals surface area contributed by atoms with Gasteiger partial charge in [-0.1, -0.05) is 6.07 Å². The zero-order valence-electron chi connectivity index (χ0n) is 10.4. The monoisotopic (exact) mass is 227 g/mol. The lowest BCUT2D eigenvalue weighted by Gasteiger charge is -2.14. The lowest BCUT2D eigenvalue weighted by atomic mass is 10.0. The quantitative estimate of drug-likeness (QED) is 0.858. The van der Waals surface area contributed by atoms with Crippen LogP contribution in [-0.2, 0) is 0 Å². The second-order valence-electron chi connectivity index (χ2n) is 4.33. The van der Waals surface area contributed by atoms with E-state index in [-0.39, 0.29) is 6.04 Å². The van der Waals surface area contributed by atoms with Crippen molar-refractivity contribution in [1.29, 1.82) is 0 Å². The molecule has 0 saturated carbocycles. The molecule has 17 heavy (non-hydrogen) atoms. The molecule has 2 rings (SSSR count). The van der Waals surface area contributed by atoms with Gasteiger partial charge in [0, 0.05) is 23.5 Å². The van der Waals surface area contributed by atoms with Crippen LogP contribution >= 0.6 is 0 Å². The minimum absolute atomic E-state index is 0.0914. The Morgan fingerprint density at radius 3 is 2.59 bits per heavy atom. The van der Waals surface area contributed by atoms with Crippen LogP contribution in [0.5, 0.6) is 0 Å². The standard InChI is InChI=1S/C14H17N3/c1-9-8-12(13-6-4-5-7-16-13)14(10(2)15)17-11(9)3/h4-8,10H,15H2,1-3H3. The van der Waals surface area contributed by atoms with Crippen molar-refractivity contribution in [3.63, 3.8) is 0 Å². The SMILES string of the molecule is Cc1cc(-c2ccccn2)c(C(C)N)nc1C. The van der Waals surface area contributed by atoms with Crippen LogP contribution in [0.4, 0.5) is 0 Å². The third-order valence-corrected chi connectivity index (χ3v) is 2.87. The smallest absolute Gasteiger partial charge is 0.0720 e. The van der Waals surface area contributed by atoms with E-state index in [1.807, 2.05) is 32.0 Å². The summed E-state index contributed by atoms with van der Waals surface area (Å²) < 4.78 is 0. The zero-order valence-corrected chi connectivity index (χ0v) is 10.4. The summed E-state index contributed by atoms with van der Waals surface area (Å²) in [6.45, 7) is 6.01. The van der Waals surface area contributed by atoms with Crippen molar-refractivity contribution in [2.45, 2.75) is 26.8 Å². The zero-order chi connectivity index (χ0) is 12.4. The van der Waals surface area contributed by atoms with Crippen molar-refractivity contribution >= 4 is 0 Å². The van der Waals surface area contributed by atoms with E-state index in [9.17, 15) is 0 Å². The van der Waals surface area contributed by atoms with Gasteiger partial charge in [-0.05, 0) is 44.5 Å². The van der Waals surface area contributed by atoms with E-state index in [1.54, 1.807) is 6.20 Å². The van der Waals surface area contributed by atoms with Gasteiger partial charge in [0.25, 0.3) is 0 Å². The van der Waals surface area contributed by atoms with E-state index in [2.05, 4.69) is 23.0 Å². The first-order chi connectivity index (χ1) is 8.09. The second kappa shape index (κ2) is 4.63. The first-order valence-electron chi connectivity index (χ1n) is 5.74. The minimum Gasteiger partial charge on any atom is -0.323 e. The van der Waals surface area contributed by atoms with Gasteiger partial charge in [0.1, 0.15) is 0 Å². The minimum atomic E-state index is -0.0914. The van der Waals surface area contributed by atoms with E-state index < -0.39 is 0 Å². The van der Waals surface area contributed by atoms with Crippen LogP contribution in [0, 0.1) is 13.8 Å². The molecule has 2 aromatic rings. The first-order valence-corrected chi connectivity index (χ1v) is 5.74. The van der Waals surface area contributed by atoms with Gasteiger partial charge < -0.3 is 5.73 Å². The van der Waals surface area contributed by atoms with Crippen molar-refractivity contribution < 1.29 is 0 Å². The largest absolute Gasteiger partial charge is 0.323 e. The van der Waals surface area contributed by atoms with Crippen molar-refractivity contribution in [3.05, 3.63) is 47.4 Å². The summed E-state index contributed by atoms with van der Waals surface area (Å²) in [6, 6.07) is 7.89. The van der Waals surface area contributed by atoms with Gasteiger partial charge in [0.2, 0.25) is 0 Å². The normalized spacial score (nSPS) is 12.5. The highest BCUT2D eigenvalue weighted by Crippen LogP contribution is 2.26. The molecule has 0 amide bonds. The van der Waals surface area contributed by atoms with Crippen LogP contribution in [0.2, 0.25) is 0 Å². The molecule has 3 heteroatoms. The number of nitrogens with two attached hydrogens (primary N) is 1. The molecule has 0 aromatic carbocycles. The molecule has 0 aliphatic rings. The molecular formula is C14H17N3. The highest BCUT2D eigenvalue weighted by Gasteiger charge is 2.13.